The SMILES string of the molecule is OC1(O)Cc2ccccc2O1. The number of benzene rings is 1. The fourth-order valence-electron chi connectivity index (χ4n) is 1.21. The van der Waals surface area contributed by atoms with Crippen molar-refractivity contribution in [3.8, 4) is 5.75 Å². The molecular formula is C8H8O3. The average molecular weight is 152 g/mol. The lowest BCUT2D eigenvalue weighted by Gasteiger charge is -2.12. The van der Waals surface area contributed by atoms with Gasteiger partial charge in [-0.25, -0.2) is 0 Å². The smallest absolute Gasteiger partial charge is 0.326 e. The van der Waals surface area contributed by atoms with Crippen LogP contribution < -0.4 is 4.74 Å². The van der Waals surface area contributed by atoms with E-state index in [-0.39, 0.29) is 6.42 Å². The van der Waals surface area contributed by atoms with E-state index in [0.29, 0.717) is 5.75 Å². The lowest BCUT2D eigenvalue weighted by Crippen LogP contribution is -2.32. The third-order valence-electron chi connectivity index (χ3n) is 1.67. The lowest BCUT2D eigenvalue weighted by atomic mass is 10.1. The van der Waals surface area contributed by atoms with Crippen LogP contribution in [-0.4, -0.2) is 16.2 Å². The highest BCUT2D eigenvalue weighted by atomic mass is 16.8. The van der Waals surface area contributed by atoms with Crippen LogP contribution in [0.15, 0.2) is 24.3 Å². The molecule has 0 aromatic heterocycles. The molecule has 11 heavy (non-hydrogen) atoms. The maximum absolute atomic E-state index is 9.05. The topological polar surface area (TPSA) is 49.7 Å². The van der Waals surface area contributed by atoms with Crippen molar-refractivity contribution in [2.75, 3.05) is 0 Å². The monoisotopic (exact) mass is 152 g/mol. The first-order chi connectivity index (χ1) is 5.17. The van der Waals surface area contributed by atoms with E-state index in [4.69, 9.17) is 14.9 Å². The minimum Gasteiger partial charge on any atom is -0.439 e. The molecule has 0 fully saturated rings. The highest BCUT2D eigenvalue weighted by Gasteiger charge is 2.34. The Morgan fingerprint density at radius 1 is 1.27 bits per heavy atom. The van der Waals surface area contributed by atoms with E-state index < -0.39 is 5.97 Å². The van der Waals surface area contributed by atoms with E-state index in [2.05, 4.69) is 0 Å². The number of para-hydroxylation sites is 1. The molecule has 0 saturated carbocycles. The maximum Gasteiger partial charge on any atom is 0.326 e. The summed E-state index contributed by atoms with van der Waals surface area (Å²) < 4.78 is 4.81. The molecule has 0 saturated heterocycles. The number of fused-ring (bicyclic) bond motifs is 1. The van der Waals surface area contributed by atoms with Crippen molar-refractivity contribution in [1.82, 2.24) is 0 Å². The van der Waals surface area contributed by atoms with Crippen LogP contribution in [-0.2, 0) is 6.42 Å². The summed E-state index contributed by atoms with van der Waals surface area (Å²) in [5.74, 6) is -1.44. The standard InChI is InChI=1S/C8H8O3/c9-8(10)5-6-3-1-2-4-7(6)11-8/h1-4,9-10H,5H2. The fourth-order valence-corrected chi connectivity index (χ4v) is 1.21. The van der Waals surface area contributed by atoms with Gasteiger partial charge in [0, 0.05) is 5.56 Å². The molecule has 1 aliphatic rings. The number of hydrogen-bond acceptors (Lipinski definition) is 3. The minimum atomic E-state index is -2.00. The van der Waals surface area contributed by atoms with Crippen LogP contribution in [0.4, 0.5) is 0 Å². The third kappa shape index (κ3) is 1.08. The van der Waals surface area contributed by atoms with Crippen molar-refractivity contribution in [2.24, 2.45) is 0 Å². The molecule has 0 unspecified atom stereocenters. The third-order valence-corrected chi connectivity index (χ3v) is 1.67. The molecule has 3 nitrogen and oxygen atoms in total. The fraction of sp³-hybridized carbons (Fsp3) is 0.250. The molecule has 0 bridgehead atoms. The average Bonchev–Trinajstić information content (AvgIpc) is 2.21. The minimum absolute atomic E-state index is 0.142. The van der Waals surface area contributed by atoms with Crippen LogP contribution in [0, 0.1) is 0 Å². The molecule has 0 spiro atoms. The van der Waals surface area contributed by atoms with Crippen LogP contribution in [0.2, 0.25) is 0 Å². The summed E-state index contributed by atoms with van der Waals surface area (Å²) in [5.41, 5.74) is 0.831. The summed E-state index contributed by atoms with van der Waals surface area (Å²) in [4.78, 5) is 0. The maximum atomic E-state index is 9.05. The molecule has 1 heterocycles. The second kappa shape index (κ2) is 1.96. The Bertz CT molecular complexity index is 253. The van der Waals surface area contributed by atoms with Gasteiger partial charge >= 0.3 is 5.97 Å². The predicted octanol–water partition coefficient (Wildman–Crippen LogP) is 0.260. The molecular weight excluding hydrogens is 144 g/mol. The van der Waals surface area contributed by atoms with Crippen molar-refractivity contribution in [3.05, 3.63) is 29.8 Å². The van der Waals surface area contributed by atoms with Gasteiger partial charge < -0.3 is 14.9 Å². The van der Waals surface area contributed by atoms with Crippen molar-refractivity contribution in [2.45, 2.75) is 12.4 Å². The molecule has 2 rings (SSSR count). The molecule has 2 N–H and O–H groups in total. The zero-order valence-corrected chi connectivity index (χ0v) is 5.82. The van der Waals surface area contributed by atoms with E-state index in [9.17, 15) is 0 Å². The predicted molar refractivity (Wildman–Crippen MR) is 37.9 cm³/mol. The Morgan fingerprint density at radius 2 is 2.00 bits per heavy atom. The molecule has 1 aromatic rings. The summed E-state index contributed by atoms with van der Waals surface area (Å²) in [6, 6.07) is 7.15. The van der Waals surface area contributed by atoms with Crippen LogP contribution in [0.3, 0.4) is 0 Å². The number of rotatable bonds is 0. The second-order valence-corrected chi connectivity index (χ2v) is 2.63. The molecule has 1 aliphatic heterocycles. The van der Waals surface area contributed by atoms with E-state index >= 15 is 0 Å². The molecule has 58 valence electrons. The van der Waals surface area contributed by atoms with Gasteiger partial charge in [-0.2, -0.15) is 0 Å². The first-order valence-corrected chi connectivity index (χ1v) is 3.39. The van der Waals surface area contributed by atoms with Crippen molar-refractivity contribution >= 4 is 0 Å². The van der Waals surface area contributed by atoms with Crippen LogP contribution in [0.5, 0.6) is 5.75 Å². The molecule has 3 heteroatoms. The highest BCUT2D eigenvalue weighted by molar-refractivity contribution is 5.37. The first kappa shape index (κ1) is 6.64. The Balaban J connectivity index is 2.41. The Kier molecular flexibility index (Phi) is 1.19. The van der Waals surface area contributed by atoms with E-state index in [0.717, 1.165) is 5.56 Å². The normalized spacial score (nSPS) is 19.1. The molecule has 0 amide bonds. The molecule has 0 aliphatic carbocycles. The van der Waals surface area contributed by atoms with Gasteiger partial charge in [-0.05, 0) is 6.07 Å². The number of ether oxygens (including phenoxy) is 1. The summed E-state index contributed by atoms with van der Waals surface area (Å²) in [6.45, 7) is 0. The van der Waals surface area contributed by atoms with Crippen LogP contribution in [0.1, 0.15) is 5.56 Å². The number of hydrogen-bond donors (Lipinski definition) is 2. The quantitative estimate of drug-likeness (QED) is 0.524. The van der Waals surface area contributed by atoms with Crippen LogP contribution in [0.25, 0.3) is 0 Å². The summed E-state index contributed by atoms with van der Waals surface area (Å²) in [6.07, 6.45) is 0.142. The molecule has 1 aromatic carbocycles. The van der Waals surface area contributed by atoms with E-state index in [1.165, 1.54) is 0 Å². The number of aliphatic hydroxyl groups is 2. The van der Waals surface area contributed by atoms with Crippen molar-refractivity contribution in [3.63, 3.8) is 0 Å². The van der Waals surface area contributed by atoms with Gasteiger partial charge in [0.2, 0.25) is 0 Å². The Morgan fingerprint density at radius 3 is 2.73 bits per heavy atom. The van der Waals surface area contributed by atoms with Crippen LogP contribution >= 0.6 is 0 Å². The van der Waals surface area contributed by atoms with Gasteiger partial charge in [-0.15, -0.1) is 0 Å². The largest absolute Gasteiger partial charge is 0.439 e. The summed E-state index contributed by atoms with van der Waals surface area (Å²) in [5, 5.41) is 18.1. The van der Waals surface area contributed by atoms with Gasteiger partial charge in [0.1, 0.15) is 5.75 Å². The highest BCUT2D eigenvalue weighted by Crippen LogP contribution is 2.31. The van der Waals surface area contributed by atoms with Gasteiger partial charge in [0.25, 0.3) is 0 Å². The Labute approximate surface area is 63.9 Å². The van der Waals surface area contributed by atoms with E-state index in [1.807, 2.05) is 12.1 Å². The zero-order valence-electron chi connectivity index (χ0n) is 5.82. The molecule has 0 radical (unpaired) electrons. The Hall–Kier alpha value is -1.06. The van der Waals surface area contributed by atoms with Gasteiger partial charge in [-0.3, -0.25) is 0 Å². The second-order valence-electron chi connectivity index (χ2n) is 2.63. The zero-order chi connectivity index (χ0) is 7.90. The van der Waals surface area contributed by atoms with Gasteiger partial charge in [0.15, 0.2) is 0 Å². The summed E-state index contributed by atoms with van der Waals surface area (Å²) >= 11 is 0. The van der Waals surface area contributed by atoms with E-state index in [1.54, 1.807) is 12.1 Å². The summed E-state index contributed by atoms with van der Waals surface area (Å²) in [7, 11) is 0. The molecule has 0 atom stereocenters. The van der Waals surface area contributed by atoms with Gasteiger partial charge in [0.05, 0.1) is 6.42 Å². The lowest BCUT2D eigenvalue weighted by molar-refractivity contribution is -0.279. The van der Waals surface area contributed by atoms with Crippen molar-refractivity contribution in [1.29, 1.82) is 0 Å². The van der Waals surface area contributed by atoms with Gasteiger partial charge in [-0.1, -0.05) is 18.2 Å². The first-order valence-electron chi connectivity index (χ1n) is 3.39. The van der Waals surface area contributed by atoms with Crippen molar-refractivity contribution < 1.29 is 14.9 Å².